The number of benzene rings is 1. The average Bonchev–Trinajstić information content (AvgIpc) is 3.01. The summed E-state index contributed by atoms with van der Waals surface area (Å²) in [5.74, 6) is 0.0784. The summed E-state index contributed by atoms with van der Waals surface area (Å²) in [4.78, 5) is 13.7. The Morgan fingerprint density at radius 1 is 1.35 bits per heavy atom. The van der Waals surface area contributed by atoms with Crippen molar-refractivity contribution in [1.82, 2.24) is 5.32 Å². The molecular weight excluding hydrogens is 268 g/mol. The van der Waals surface area contributed by atoms with Gasteiger partial charge in [0.15, 0.2) is 0 Å². The SMILES string of the molecule is CC(NC(=O)C1CCNc2ccccc21)c1cccs1. The van der Waals surface area contributed by atoms with Crippen LogP contribution in [0.3, 0.4) is 0 Å². The third-order valence-corrected chi connectivity index (χ3v) is 4.78. The molecule has 1 aromatic heterocycles. The quantitative estimate of drug-likeness (QED) is 0.906. The van der Waals surface area contributed by atoms with Gasteiger partial charge in [0.1, 0.15) is 0 Å². The number of amides is 1. The first-order valence-electron chi connectivity index (χ1n) is 6.92. The molecule has 104 valence electrons. The van der Waals surface area contributed by atoms with Crippen LogP contribution in [0.2, 0.25) is 0 Å². The molecule has 0 bridgehead atoms. The van der Waals surface area contributed by atoms with Gasteiger partial charge in [-0.15, -0.1) is 11.3 Å². The summed E-state index contributed by atoms with van der Waals surface area (Å²) < 4.78 is 0. The summed E-state index contributed by atoms with van der Waals surface area (Å²) in [6, 6.07) is 12.2. The van der Waals surface area contributed by atoms with E-state index in [1.807, 2.05) is 42.6 Å². The number of carbonyl (C=O) groups is 1. The molecule has 0 radical (unpaired) electrons. The van der Waals surface area contributed by atoms with E-state index in [2.05, 4.69) is 16.7 Å². The number of nitrogens with one attached hydrogen (secondary N) is 2. The molecular formula is C16H18N2OS. The van der Waals surface area contributed by atoms with Crippen LogP contribution in [-0.2, 0) is 4.79 Å². The fraction of sp³-hybridized carbons (Fsp3) is 0.312. The Hall–Kier alpha value is -1.81. The summed E-state index contributed by atoms with van der Waals surface area (Å²) in [5, 5.41) is 8.53. The third kappa shape index (κ3) is 2.56. The zero-order valence-corrected chi connectivity index (χ0v) is 12.2. The fourth-order valence-corrected chi connectivity index (χ4v) is 3.40. The zero-order chi connectivity index (χ0) is 13.9. The van der Waals surface area contributed by atoms with Gasteiger partial charge in [-0.25, -0.2) is 0 Å². The lowest BCUT2D eigenvalue weighted by Crippen LogP contribution is -2.34. The maximum absolute atomic E-state index is 12.5. The lowest BCUT2D eigenvalue weighted by Gasteiger charge is -2.27. The number of carbonyl (C=O) groups excluding carboxylic acids is 1. The van der Waals surface area contributed by atoms with Gasteiger partial charge in [-0.1, -0.05) is 24.3 Å². The van der Waals surface area contributed by atoms with E-state index < -0.39 is 0 Å². The molecule has 2 aromatic rings. The number of rotatable bonds is 3. The van der Waals surface area contributed by atoms with E-state index in [0.29, 0.717) is 0 Å². The van der Waals surface area contributed by atoms with Gasteiger partial charge in [0.25, 0.3) is 0 Å². The monoisotopic (exact) mass is 286 g/mol. The van der Waals surface area contributed by atoms with Gasteiger partial charge >= 0.3 is 0 Å². The predicted octanol–water partition coefficient (Wildman–Crippen LogP) is 3.52. The van der Waals surface area contributed by atoms with Gasteiger partial charge in [-0.05, 0) is 36.4 Å². The standard InChI is InChI=1S/C16H18N2OS/c1-11(15-7-4-10-20-15)18-16(19)13-8-9-17-14-6-3-2-5-12(13)14/h2-7,10-11,13,17H,8-9H2,1H3,(H,18,19). The maximum atomic E-state index is 12.5. The molecule has 0 aliphatic carbocycles. The maximum Gasteiger partial charge on any atom is 0.228 e. The van der Waals surface area contributed by atoms with Crippen molar-refractivity contribution >= 4 is 22.9 Å². The van der Waals surface area contributed by atoms with Crippen molar-refractivity contribution in [2.75, 3.05) is 11.9 Å². The number of anilines is 1. The molecule has 0 spiro atoms. The van der Waals surface area contributed by atoms with Crippen molar-refractivity contribution in [2.45, 2.75) is 25.3 Å². The summed E-state index contributed by atoms with van der Waals surface area (Å²) in [6.45, 7) is 2.89. The molecule has 3 rings (SSSR count). The van der Waals surface area contributed by atoms with Crippen molar-refractivity contribution in [2.24, 2.45) is 0 Å². The van der Waals surface area contributed by atoms with Crippen LogP contribution in [0.25, 0.3) is 0 Å². The molecule has 2 atom stereocenters. The third-order valence-electron chi connectivity index (χ3n) is 3.73. The first kappa shape index (κ1) is 13.2. The lowest BCUT2D eigenvalue weighted by atomic mass is 9.90. The molecule has 0 saturated heterocycles. The van der Waals surface area contributed by atoms with Crippen LogP contribution in [0, 0.1) is 0 Å². The summed E-state index contributed by atoms with van der Waals surface area (Å²) in [5.41, 5.74) is 2.19. The lowest BCUT2D eigenvalue weighted by molar-refractivity contribution is -0.123. The van der Waals surface area contributed by atoms with Crippen LogP contribution in [0.1, 0.15) is 35.7 Å². The van der Waals surface area contributed by atoms with Gasteiger partial charge < -0.3 is 10.6 Å². The molecule has 0 fully saturated rings. The van der Waals surface area contributed by atoms with Crippen LogP contribution < -0.4 is 10.6 Å². The second-order valence-corrected chi connectivity index (χ2v) is 6.08. The highest BCUT2D eigenvalue weighted by Gasteiger charge is 2.27. The molecule has 2 unspecified atom stereocenters. The minimum Gasteiger partial charge on any atom is -0.385 e. The second-order valence-electron chi connectivity index (χ2n) is 5.10. The van der Waals surface area contributed by atoms with Crippen molar-refractivity contribution in [3.8, 4) is 0 Å². The van der Waals surface area contributed by atoms with Crippen molar-refractivity contribution in [1.29, 1.82) is 0 Å². The molecule has 1 aromatic carbocycles. The topological polar surface area (TPSA) is 41.1 Å². The molecule has 1 amide bonds. The zero-order valence-electron chi connectivity index (χ0n) is 11.4. The Morgan fingerprint density at radius 2 is 2.20 bits per heavy atom. The number of hydrogen-bond donors (Lipinski definition) is 2. The summed E-state index contributed by atoms with van der Waals surface area (Å²) in [7, 11) is 0. The van der Waals surface area contributed by atoms with Crippen molar-refractivity contribution in [3.05, 3.63) is 52.2 Å². The minimum atomic E-state index is -0.0464. The molecule has 1 aliphatic heterocycles. The molecule has 2 heterocycles. The molecule has 20 heavy (non-hydrogen) atoms. The van der Waals surface area contributed by atoms with Crippen molar-refractivity contribution < 1.29 is 4.79 Å². The number of thiophene rings is 1. The predicted molar refractivity (Wildman–Crippen MR) is 83.2 cm³/mol. The van der Waals surface area contributed by atoms with Crippen LogP contribution in [0.5, 0.6) is 0 Å². The first-order valence-corrected chi connectivity index (χ1v) is 7.80. The number of fused-ring (bicyclic) bond motifs is 1. The molecule has 1 aliphatic rings. The van der Waals surface area contributed by atoms with Gasteiger partial charge in [-0.3, -0.25) is 4.79 Å². The van der Waals surface area contributed by atoms with Crippen LogP contribution in [0.15, 0.2) is 41.8 Å². The van der Waals surface area contributed by atoms with E-state index in [1.54, 1.807) is 11.3 Å². The Morgan fingerprint density at radius 3 is 3.00 bits per heavy atom. The Bertz CT molecular complexity index is 594. The Labute approximate surface area is 123 Å². The molecule has 2 N–H and O–H groups in total. The van der Waals surface area contributed by atoms with E-state index in [1.165, 1.54) is 4.88 Å². The highest BCUT2D eigenvalue weighted by Crippen LogP contribution is 2.32. The van der Waals surface area contributed by atoms with Gasteiger partial charge in [0, 0.05) is 17.1 Å². The molecule has 4 heteroatoms. The second kappa shape index (κ2) is 5.67. The van der Waals surface area contributed by atoms with E-state index in [-0.39, 0.29) is 17.9 Å². The molecule has 0 saturated carbocycles. The first-order chi connectivity index (χ1) is 9.75. The van der Waals surface area contributed by atoms with Crippen LogP contribution in [0.4, 0.5) is 5.69 Å². The largest absolute Gasteiger partial charge is 0.385 e. The normalized spacial score (nSPS) is 18.8. The number of para-hydroxylation sites is 1. The summed E-state index contributed by atoms with van der Waals surface area (Å²) in [6.07, 6.45) is 0.847. The van der Waals surface area contributed by atoms with Crippen LogP contribution in [-0.4, -0.2) is 12.5 Å². The van der Waals surface area contributed by atoms with E-state index in [0.717, 1.165) is 24.2 Å². The van der Waals surface area contributed by atoms with Gasteiger partial charge in [-0.2, -0.15) is 0 Å². The van der Waals surface area contributed by atoms with E-state index in [4.69, 9.17) is 0 Å². The summed E-state index contributed by atoms with van der Waals surface area (Å²) >= 11 is 1.68. The highest BCUT2D eigenvalue weighted by molar-refractivity contribution is 7.10. The smallest absolute Gasteiger partial charge is 0.228 e. The highest BCUT2D eigenvalue weighted by atomic mass is 32.1. The Kier molecular flexibility index (Phi) is 3.74. The average molecular weight is 286 g/mol. The van der Waals surface area contributed by atoms with Gasteiger partial charge in [0.2, 0.25) is 5.91 Å². The van der Waals surface area contributed by atoms with E-state index in [9.17, 15) is 4.79 Å². The van der Waals surface area contributed by atoms with E-state index >= 15 is 0 Å². The molecule has 3 nitrogen and oxygen atoms in total. The number of hydrogen-bond acceptors (Lipinski definition) is 3. The van der Waals surface area contributed by atoms with Crippen molar-refractivity contribution in [3.63, 3.8) is 0 Å². The minimum absolute atomic E-state index is 0.0464. The van der Waals surface area contributed by atoms with Crippen LogP contribution >= 0.6 is 11.3 Å². The fourth-order valence-electron chi connectivity index (χ4n) is 2.66. The Balaban J connectivity index is 1.75. The van der Waals surface area contributed by atoms with Gasteiger partial charge in [0.05, 0.1) is 12.0 Å².